The van der Waals surface area contributed by atoms with Crippen LogP contribution in [0, 0.1) is 0 Å². The lowest BCUT2D eigenvalue weighted by Gasteiger charge is -2.43. The zero-order valence-electron chi connectivity index (χ0n) is 11.2. The van der Waals surface area contributed by atoms with Gasteiger partial charge in [-0.05, 0) is 40.0 Å². The van der Waals surface area contributed by atoms with E-state index in [1.54, 1.807) is 0 Å². The molecule has 2 aliphatic heterocycles. The lowest BCUT2D eigenvalue weighted by Crippen LogP contribution is -2.57. The molecule has 2 aliphatic rings. The van der Waals surface area contributed by atoms with Gasteiger partial charge >= 0.3 is 6.03 Å². The molecule has 1 unspecified atom stereocenters. The van der Waals surface area contributed by atoms with E-state index in [4.69, 9.17) is 4.74 Å². The van der Waals surface area contributed by atoms with Crippen molar-refractivity contribution >= 4 is 6.03 Å². The van der Waals surface area contributed by atoms with E-state index in [1.807, 2.05) is 16.7 Å². The van der Waals surface area contributed by atoms with Gasteiger partial charge < -0.3 is 14.5 Å². The van der Waals surface area contributed by atoms with Crippen molar-refractivity contribution in [1.29, 1.82) is 0 Å². The second-order valence-corrected chi connectivity index (χ2v) is 5.90. The van der Waals surface area contributed by atoms with Crippen molar-refractivity contribution in [3.63, 3.8) is 0 Å². The summed E-state index contributed by atoms with van der Waals surface area (Å²) in [6.07, 6.45) is 3.69. The maximum atomic E-state index is 12.4. The van der Waals surface area contributed by atoms with Crippen molar-refractivity contribution in [3.05, 3.63) is 0 Å². The van der Waals surface area contributed by atoms with Crippen LogP contribution >= 0.6 is 0 Å². The minimum absolute atomic E-state index is 0.132. The van der Waals surface area contributed by atoms with Gasteiger partial charge in [-0.3, -0.25) is 0 Å². The van der Waals surface area contributed by atoms with Crippen LogP contribution in [0.3, 0.4) is 0 Å². The average Bonchev–Trinajstić information content (AvgIpc) is 2.26. The normalized spacial score (nSPS) is 29.2. The Morgan fingerprint density at radius 1 is 1.18 bits per heavy atom. The number of amides is 2. The fraction of sp³-hybridized carbons (Fsp3) is 0.923. The molecule has 0 radical (unpaired) electrons. The lowest BCUT2D eigenvalue weighted by atomic mass is 10.1. The number of rotatable bonds is 0. The number of morpholine rings is 1. The maximum Gasteiger partial charge on any atom is 0.320 e. The third-order valence-electron chi connectivity index (χ3n) is 3.47. The Morgan fingerprint density at radius 3 is 2.41 bits per heavy atom. The topological polar surface area (TPSA) is 32.8 Å². The van der Waals surface area contributed by atoms with Crippen LogP contribution in [0.1, 0.15) is 40.0 Å². The zero-order valence-corrected chi connectivity index (χ0v) is 11.2. The first kappa shape index (κ1) is 12.7. The molecule has 0 aliphatic carbocycles. The van der Waals surface area contributed by atoms with Gasteiger partial charge in [-0.2, -0.15) is 0 Å². The van der Waals surface area contributed by atoms with Crippen LogP contribution in [0.15, 0.2) is 0 Å². The molecule has 2 heterocycles. The summed E-state index contributed by atoms with van der Waals surface area (Å²) in [4.78, 5) is 16.3. The van der Waals surface area contributed by atoms with Crippen LogP contribution in [0.25, 0.3) is 0 Å². The molecule has 4 heteroatoms. The molecule has 2 rings (SSSR count). The van der Waals surface area contributed by atoms with Crippen molar-refractivity contribution in [3.8, 4) is 0 Å². The van der Waals surface area contributed by atoms with Gasteiger partial charge in [0.2, 0.25) is 0 Å². The van der Waals surface area contributed by atoms with E-state index in [0.29, 0.717) is 6.54 Å². The largest absolute Gasteiger partial charge is 0.369 e. The van der Waals surface area contributed by atoms with Gasteiger partial charge in [0.05, 0.1) is 18.2 Å². The van der Waals surface area contributed by atoms with Crippen LogP contribution in [-0.2, 0) is 4.74 Å². The highest BCUT2D eigenvalue weighted by Crippen LogP contribution is 2.22. The number of hydrogen-bond acceptors (Lipinski definition) is 2. The van der Waals surface area contributed by atoms with Gasteiger partial charge in [0.1, 0.15) is 0 Å². The molecule has 4 nitrogen and oxygen atoms in total. The number of ether oxygens (including phenoxy) is 1. The maximum absolute atomic E-state index is 12.4. The first-order chi connectivity index (χ1) is 7.98. The smallest absolute Gasteiger partial charge is 0.320 e. The van der Waals surface area contributed by atoms with Gasteiger partial charge in [-0.25, -0.2) is 4.79 Å². The fourth-order valence-corrected chi connectivity index (χ4v) is 2.88. The summed E-state index contributed by atoms with van der Waals surface area (Å²) in [5.41, 5.74) is -0.219. The Hall–Kier alpha value is -0.770. The summed E-state index contributed by atoms with van der Waals surface area (Å²) in [6, 6.07) is 0.202. The Kier molecular flexibility index (Phi) is 3.61. The van der Waals surface area contributed by atoms with Crippen molar-refractivity contribution in [2.75, 3.05) is 26.2 Å². The molecule has 1 atom stereocenters. The van der Waals surface area contributed by atoms with Crippen molar-refractivity contribution in [1.82, 2.24) is 9.80 Å². The number of likely N-dealkylation sites (tertiary alicyclic amines) is 1. The molecule has 2 fully saturated rings. The molecule has 17 heavy (non-hydrogen) atoms. The van der Waals surface area contributed by atoms with Gasteiger partial charge in [0.15, 0.2) is 0 Å². The fourth-order valence-electron chi connectivity index (χ4n) is 2.88. The Morgan fingerprint density at radius 2 is 1.82 bits per heavy atom. The van der Waals surface area contributed by atoms with E-state index in [0.717, 1.165) is 32.5 Å². The van der Waals surface area contributed by atoms with Gasteiger partial charge in [0.25, 0.3) is 0 Å². The van der Waals surface area contributed by atoms with E-state index in [-0.39, 0.29) is 17.7 Å². The Balaban J connectivity index is 1.98. The highest BCUT2D eigenvalue weighted by atomic mass is 16.5. The summed E-state index contributed by atoms with van der Waals surface area (Å²) >= 11 is 0. The molecule has 0 aromatic carbocycles. The summed E-state index contributed by atoms with van der Waals surface area (Å²) in [6.45, 7) is 9.41. The third kappa shape index (κ3) is 3.12. The molecule has 0 saturated carbocycles. The quantitative estimate of drug-likeness (QED) is 0.649. The second-order valence-electron chi connectivity index (χ2n) is 5.90. The van der Waals surface area contributed by atoms with Gasteiger partial charge in [0, 0.05) is 19.6 Å². The number of nitrogens with zero attached hydrogens (tertiary/aromatic N) is 2. The van der Waals surface area contributed by atoms with E-state index in [2.05, 4.69) is 13.8 Å². The average molecular weight is 240 g/mol. The van der Waals surface area contributed by atoms with Crippen LogP contribution < -0.4 is 0 Å². The number of hydrogen-bond donors (Lipinski definition) is 0. The number of carbonyl (C=O) groups excluding carboxylic acids is 1. The summed E-state index contributed by atoms with van der Waals surface area (Å²) in [5, 5.41) is 0. The minimum atomic E-state index is -0.219. The standard InChI is InChI=1S/C13H24N2O2/c1-11-9-15(10-13(2,3)17-11)12(16)14-7-5-4-6-8-14/h11H,4-10H2,1-3H3. The molecular formula is C13H24N2O2. The predicted octanol–water partition coefficient (Wildman–Crippen LogP) is 2.09. The van der Waals surface area contributed by atoms with Crippen LogP contribution in [0.4, 0.5) is 4.79 Å². The molecular weight excluding hydrogens is 216 g/mol. The van der Waals surface area contributed by atoms with Crippen LogP contribution in [0.5, 0.6) is 0 Å². The lowest BCUT2D eigenvalue weighted by molar-refractivity contribution is -0.119. The summed E-state index contributed by atoms with van der Waals surface area (Å²) in [5.74, 6) is 0. The molecule has 0 N–H and O–H groups in total. The van der Waals surface area contributed by atoms with Gasteiger partial charge in [-0.1, -0.05) is 0 Å². The molecule has 0 spiro atoms. The number of carbonyl (C=O) groups is 1. The van der Waals surface area contributed by atoms with Gasteiger partial charge in [-0.15, -0.1) is 0 Å². The minimum Gasteiger partial charge on any atom is -0.369 e. The first-order valence-corrected chi connectivity index (χ1v) is 6.70. The van der Waals surface area contributed by atoms with E-state index < -0.39 is 0 Å². The van der Waals surface area contributed by atoms with E-state index >= 15 is 0 Å². The summed E-state index contributed by atoms with van der Waals surface area (Å²) < 4.78 is 5.83. The van der Waals surface area contributed by atoms with Crippen molar-refractivity contribution in [2.45, 2.75) is 51.7 Å². The van der Waals surface area contributed by atoms with E-state index in [9.17, 15) is 4.79 Å². The Labute approximate surface area is 104 Å². The van der Waals surface area contributed by atoms with Crippen LogP contribution in [-0.4, -0.2) is 53.7 Å². The predicted molar refractivity (Wildman–Crippen MR) is 67.0 cm³/mol. The van der Waals surface area contributed by atoms with Crippen LogP contribution in [0.2, 0.25) is 0 Å². The van der Waals surface area contributed by atoms with Crippen molar-refractivity contribution in [2.24, 2.45) is 0 Å². The zero-order chi connectivity index (χ0) is 12.5. The first-order valence-electron chi connectivity index (χ1n) is 6.70. The highest BCUT2D eigenvalue weighted by Gasteiger charge is 2.35. The molecule has 0 bridgehead atoms. The highest BCUT2D eigenvalue weighted by molar-refractivity contribution is 5.74. The van der Waals surface area contributed by atoms with Crippen molar-refractivity contribution < 1.29 is 9.53 Å². The second kappa shape index (κ2) is 4.84. The molecule has 2 amide bonds. The molecule has 0 aromatic heterocycles. The number of piperidine rings is 1. The third-order valence-corrected chi connectivity index (χ3v) is 3.47. The molecule has 0 aromatic rings. The summed E-state index contributed by atoms with van der Waals surface area (Å²) in [7, 11) is 0. The molecule has 2 saturated heterocycles. The SMILES string of the molecule is CC1CN(C(=O)N2CCCCC2)CC(C)(C)O1. The van der Waals surface area contributed by atoms with E-state index in [1.165, 1.54) is 6.42 Å². The monoisotopic (exact) mass is 240 g/mol. The molecule has 98 valence electrons. The Bertz CT molecular complexity index is 285. The number of urea groups is 1.